The van der Waals surface area contributed by atoms with Crippen LogP contribution < -0.4 is 5.56 Å². The second kappa shape index (κ2) is 4.72. The number of aryl methyl sites for hydroxylation is 2. The molecule has 0 amide bonds. The molecule has 0 aliphatic carbocycles. The van der Waals surface area contributed by atoms with Crippen LogP contribution in [0, 0.1) is 6.92 Å². The maximum Gasteiger partial charge on any atom is 0.343 e. The molecule has 1 aromatic rings. The van der Waals surface area contributed by atoms with Crippen molar-refractivity contribution >= 4 is 5.97 Å². The van der Waals surface area contributed by atoms with Crippen LogP contribution >= 0.6 is 0 Å². The minimum Gasteiger partial charge on any atom is -0.462 e. The van der Waals surface area contributed by atoms with E-state index in [1.165, 1.54) is 10.7 Å². The van der Waals surface area contributed by atoms with Gasteiger partial charge in [0.1, 0.15) is 5.56 Å². The molecule has 0 unspecified atom stereocenters. The van der Waals surface area contributed by atoms with Crippen LogP contribution in [0.3, 0.4) is 0 Å². The van der Waals surface area contributed by atoms with E-state index >= 15 is 0 Å². The molecule has 0 spiro atoms. The maximum absolute atomic E-state index is 11.7. The molecular weight excluding hydrogens is 196 g/mol. The van der Waals surface area contributed by atoms with Gasteiger partial charge in [0.2, 0.25) is 0 Å². The standard InChI is InChI=1S/C10H14N2O3/c1-4-12-9(13)8(6-7(3)11-12)10(14)15-5-2/h6H,4-5H2,1-3H3. The average molecular weight is 210 g/mol. The lowest BCUT2D eigenvalue weighted by molar-refractivity contribution is 0.0523. The molecular formula is C10H14N2O3. The number of rotatable bonds is 3. The van der Waals surface area contributed by atoms with Gasteiger partial charge in [-0.2, -0.15) is 5.10 Å². The van der Waals surface area contributed by atoms with Gasteiger partial charge in [0.05, 0.1) is 12.3 Å². The predicted octanol–water partition coefficient (Wildman–Crippen LogP) is 0.748. The van der Waals surface area contributed by atoms with E-state index in [0.717, 1.165) is 0 Å². The molecule has 5 nitrogen and oxygen atoms in total. The Labute approximate surface area is 87.7 Å². The third kappa shape index (κ3) is 2.43. The van der Waals surface area contributed by atoms with Crippen LogP contribution in [0.1, 0.15) is 29.9 Å². The zero-order chi connectivity index (χ0) is 11.4. The molecule has 5 heteroatoms. The molecule has 0 saturated heterocycles. The second-order valence-electron chi connectivity index (χ2n) is 3.04. The van der Waals surface area contributed by atoms with E-state index in [-0.39, 0.29) is 12.2 Å². The summed E-state index contributed by atoms with van der Waals surface area (Å²) < 4.78 is 6.03. The Morgan fingerprint density at radius 1 is 1.53 bits per heavy atom. The van der Waals surface area contributed by atoms with Gasteiger partial charge in [0, 0.05) is 6.54 Å². The van der Waals surface area contributed by atoms with Gasteiger partial charge in [-0.3, -0.25) is 4.79 Å². The lowest BCUT2D eigenvalue weighted by Gasteiger charge is -2.05. The fourth-order valence-electron chi connectivity index (χ4n) is 1.24. The SMILES string of the molecule is CCOC(=O)c1cc(C)nn(CC)c1=O. The van der Waals surface area contributed by atoms with Crippen LogP contribution in [0.15, 0.2) is 10.9 Å². The van der Waals surface area contributed by atoms with E-state index in [0.29, 0.717) is 12.2 Å². The molecule has 0 aromatic carbocycles. The monoisotopic (exact) mass is 210 g/mol. The smallest absolute Gasteiger partial charge is 0.343 e. The quantitative estimate of drug-likeness (QED) is 0.690. The van der Waals surface area contributed by atoms with Gasteiger partial charge in [0.25, 0.3) is 5.56 Å². The molecule has 1 aromatic heterocycles. The number of hydrogen-bond acceptors (Lipinski definition) is 4. The number of aromatic nitrogens is 2. The summed E-state index contributed by atoms with van der Waals surface area (Å²) in [4.78, 5) is 23.1. The van der Waals surface area contributed by atoms with E-state index in [2.05, 4.69) is 5.10 Å². The summed E-state index contributed by atoms with van der Waals surface area (Å²) in [6, 6.07) is 1.45. The fourth-order valence-corrected chi connectivity index (χ4v) is 1.24. The van der Waals surface area contributed by atoms with Gasteiger partial charge in [-0.1, -0.05) is 0 Å². The Balaban J connectivity index is 3.23. The number of esters is 1. The molecule has 0 fully saturated rings. The third-order valence-electron chi connectivity index (χ3n) is 1.89. The van der Waals surface area contributed by atoms with E-state index in [9.17, 15) is 9.59 Å². The van der Waals surface area contributed by atoms with Crippen LogP contribution in [-0.4, -0.2) is 22.4 Å². The Morgan fingerprint density at radius 2 is 2.20 bits per heavy atom. The number of hydrogen-bond donors (Lipinski definition) is 0. The number of carbonyl (C=O) groups is 1. The van der Waals surface area contributed by atoms with Gasteiger partial charge in [-0.05, 0) is 26.8 Å². The summed E-state index contributed by atoms with van der Waals surface area (Å²) in [6.07, 6.45) is 0. The molecule has 0 atom stereocenters. The van der Waals surface area contributed by atoms with Crippen molar-refractivity contribution in [1.82, 2.24) is 9.78 Å². The van der Waals surface area contributed by atoms with Crippen LogP contribution in [0.4, 0.5) is 0 Å². The van der Waals surface area contributed by atoms with Crippen molar-refractivity contribution in [2.45, 2.75) is 27.3 Å². The molecule has 0 saturated carbocycles. The topological polar surface area (TPSA) is 61.2 Å². The minimum absolute atomic E-state index is 0.0474. The maximum atomic E-state index is 11.7. The van der Waals surface area contributed by atoms with Crippen LogP contribution in [0.25, 0.3) is 0 Å². The molecule has 0 bridgehead atoms. The highest BCUT2D eigenvalue weighted by molar-refractivity contribution is 5.88. The summed E-state index contributed by atoms with van der Waals surface area (Å²) >= 11 is 0. The summed E-state index contributed by atoms with van der Waals surface area (Å²) in [5.74, 6) is -0.588. The van der Waals surface area contributed by atoms with E-state index in [1.54, 1.807) is 20.8 Å². The van der Waals surface area contributed by atoms with Crippen LogP contribution in [-0.2, 0) is 11.3 Å². The molecule has 0 aliphatic rings. The molecule has 0 N–H and O–H groups in total. The Kier molecular flexibility index (Phi) is 3.60. The van der Waals surface area contributed by atoms with Crippen molar-refractivity contribution in [2.75, 3.05) is 6.61 Å². The van der Waals surface area contributed by atoms with Gasteiger partial charge < -0.3 is 4.74 Å². The first-order valence-corrected chi connectivity index (χ1v) is 4.86. The first-order valence-electron chi connectivity index (χ1n) is 4.86. The molecule has 0 radical (unpaired) electrons. The average Bonchev–Trinajstić information content (AvgIpc) is 2.21. The highest BCUT2D eigenvalue weighted by atomic mass is 16.5. The van der Waals surface area contributed by atoms with Crippen molar-refractivity contribution in [3.05, 3.63) is 27.7 Å². The third-order valence-corrected chi connectivity index (χ3v) is 1.89. The van der Waals surface area contributed by atoms with E-state index < -0.39 is 11.5 Å². The number of ether oxygens (including phenoxy) is 1. The molecule has 82 valence electrons. The first kappa shape index (κ1) is 11.4. The van der Waals surface area contributed by atoms with Crippen molar-refractivity contribution < 1.29 is 9.53 Å². The largest absolute Gasteiger partial charge is 0.462 e. The zero-order valence-electron chi connectivity index (χ0n) is 9.11. The van der Waals surface area contributed by atoms with Crippen molar-refractivity contribution in [2.24, 2.45) is 0 Å². The van der Waals surface area contributed by atoms with Crippen LogP contribution in [0.5, 0.6) is 0 Å². The van der Waals surface area contributed by atoms with Gasteiger partial charge in [0.15, 0.2) is 0 Å². The lowest BCUT2D eigenvalue weighted by atomic mass is 10.2. The molecule has 1 heterocycles. The highest BCUT2D eigenvalue weighted by Crippen LogP contribution is 1.98. The summed E-state index contributed by atoms with van der Waals surface area (Å²) in [6.45, 7) is 5.92. The van der Waals surface area contributed by atoms with E-state index in [1.807, 2.05) is 0 Å². The first-order chi connectivity index (χ1) is 7.10. The van der Waals surface area contributed by atoms with Crippen LogP contribution in [0.2, 0.25) is 0 Å². The Bertz CT molecular complexity index is 423. The summed E-state index contributed by atoms with van der Waals surface area (Å²) in [5, 5.41) is 3.99. The fraction of sp³-hybridized carbons (Fsp3) is 0.500. The van der Waals surface area contributed by atoms with Gasteiger partial charge in [-0.25, -0.2) is 9.48 Å². The van der Waals surface area contributed by atoms with E-state index in [4.69, 9.17) is 4.74 Å². The Morgan fingerprint density at radius 3 is 2.73 bits per heavy atom. The Hall–Kier alpha value is -1.65. The number of carbonyl (C=O) groups excluding carboxylic acids is 1. The summed E-state index contributed by atoms with van der Waals surface area (Å²) in [7, 11) is 0. The molecule has 15 heavy (non-hydrogen) atoms. The van der Waals surface area contributed by atoms with Crippen molar-refractivity contribution in [3.63, 3.8) is 0 Å². The number of nitrogens with zero attached hydrogens (tertiary/aromatic N) is 2. The molecule has 1 rings (SSSR count). The normalized spacial score (nSPS) is 10.1. The highest BCUT2D eigenvalue weighted by Gasteiger charge is 2.14. The van der Waals surface area contributed by atoms with Crippen molar-refractivity contribution in [3.8, 4) is 0 Å². The van der Waals surface area contributed by atoms with Gasteiger partial charge in [-0.15, -0.1) is 0 Å². The summed E-state index contributed by atoms with van der Waals surface area (Å²) in [5.41, 5.74) is 0.271. The minimum atomic E-state index is -0.588. The lowest BCUT2D eigenvalue weighted by Crippen LogP contribution is -2.29. The second-order valence-corrected chi connectivity index (χ2v) is 3.04. The molecule has 0 aliphatic heterocycles. The van der Waals surface area contributed by atoms with Gasteiger partial charge >= 0.3 is 5.97 Å². The van der Waals surface area contributed by atoms with Crippen molar-refractivity contribution in [1.29, 1.82) is 0 Å². The zero-order valence-corrected chi connectivity index (χ0v) is 9.11. The predicted molar refractivity (Wildman–Crippen MR) is 54.9 cm³/mol.